The summed E-state index contributed by atoms with van der Waals surface area (Å²) in [7, 11) is 0. The first-order valence-corrected chi connectivity index (χ1v) is 8.16. The molecule has 18 heavy (non-hydrogen) atoms. The summed E-state index contributed by atoms with van der Waals surface area (Å²) in [6.45, 7) is 1.92. The van der Waals surface area contributed by atoms with E-state index in [0.717, 1.165) is 32.0 Å². The van der Waals surface area contributed by atoms with E-state index in [4.69, 9.17) is 5.11 Å². The van der Waals surface area contributed by atoms with Crippen molar-refractivity contribution in [3.63, 3.8) is 0 Å². The van der Waals surface area contributed by atoms with Crippen LogP contribution < -0.4 is 0 Å². The predicted molar refractivity (Wildman–Crippen MR) is 73.3 cm³/mol. The highest BCUT2D eigenvalue weighted by molar-refractivity contribution is 8.01. The second kappa shape index (κ2) is 4.85. The molecule has 2 aliphatic carbocycles. The summed E-state index contributed by atoms with van der Waals surface area (Å²) in [5.74, 6) is 1.07. The SMILES string of the molecule is Cc1nc(SC2CC3CCC2C3)sc1CC(=O)O. The molecule has 0 aromatic carbocycles. The number of hydrogen-bond donors (Lipinski definition) is 1. The highest BCUT2D eigenvalue weighted by Gasteiger charge is 2.40. The molecule has 2 aliphatic rings. The number of aliphatic carboxylic acids is 1. The van der Waals surface area contributed by atoms with E-state index < -0.39 is 5.97 Å². The standard InChI is InChI=1S/C13H17NO2S2/c1-7-10(6-12(15)16)17-13(14-7)18-11-5-8-2-3-9(11)4-8/h8-9,11H,2-6H2,1H3,(H,15,16). The molecule has 2 bridgehead atoms. The minimum atomic E-state index is -0.766. The number of hydrogen-bond acceptors (Lipinski definition) is 4. The average molecular weight is 283 g/mol. The van der Waals surface area contributed by atoms with Gasteiger partial charge in [-0.05, 0) is 38.0 Å². The zero-order valence-electron chi connectivity index (χ0n) is 10.4. The van der Waals surface area contributed by atoms with Crippen molar-refractivity contribution in [3.05, 3.63) is 10.6 Å². The van der Waals surface area contributed by atoms with Crippen LogP contribution in [0.4, 0.5) is 0 Å². The van der Waals surface area contributed by atoms with Crippen molar-refractivity contribution in [2.75, 3.05) is 0 Å². The van der Waals surface area contributed by atoms with Gasteiger partial charge in [-0.2, -0.15) is 0 Å². The van der Waals surface area contributed by atoms with Crippen LogP contribution in [0.15, 0.2) is 4.34 Å². The normalized spacial score (nSPS) is 29.9. The molecule has 3 rings (SSSR count). The molecular weight excluding hydrogens is 266 g/mol. The Hall–Kier alpha value is -0.550. The summed E-state index contributed by atoms with van der Waals surface area (Å²) in [5, 5.41) is 9.57. The van der Waals surface area contributed by atoms with Crippen LogP contribution in [0.3, 0.4) is 0 Å². The number of thiazole rings is 1. The Morgan fingerprint density at radius 3 is 2.94 bits per heavy atom. The van der Waals surface area contributed by atoms with E-state index in [9.17, 15) is 4.79 Å². The summed E-state index contributed by atoms with van der Waals surface area (Å²) in [4.78, 5) is 16.2. The topological polar surface area (TPSA) is 50.2 Å². The largest absolute Gasteiger partial charge is 0.481 e. The molecule has 1 aromatic rings. The molecule has 2 fully saturated rings. The van der Waals surface area contributed by atoms with Crippen LogP contribution in [0.1, 0.15) is 36.3 Å². The second-order valence-electron chi connectivity index (χ2n) is 5.39. The van der Waals surface area contributed by atoms with Crippen molar-refractivity contribution in [1.82, 2.24) is 4.98 Å². The van der Waals surface area contributed by atoms with Crippen LogP contribution in [0.5, 0.6) is 0 Å². The lowest BCUT2D eigenvalue weighted by Gasteiger charge is -2.19. The summed E-state index contributed by atoms with van der Waals surface area (Å²) < 4.78 is 1.07. The van der Waals surface area contributed by atoms with Gasteiger partial charge in [0.15, 0.2) is 4.34 Å². The fraction of sp³-hybridized carbons (Fsp3) is 0.692. The molecule has 3 nitrogen and oxygen atoms in total. The number of thioether (sulfide) groups is 1. The molecule has 0 aliphatic heterocycles. The molecule has 0 amide bonds. The zero-order chi connectivity index (χ0) is 12.7. The smallest absolute Gasteiger partial charge is 0.308 e. The summed E-state index contributed by atoms with van der Waals surface area (Å²) in [5.41, 5.74) is 0.896. The Morgan fingerprint density at radius 1 is 1.50 bits per heavy atom. The molecule has 1 aromatic heterocycles. The highest BCUT2D eigenvalue weighted by Crippen LogP contribution is 2.51. The zero-order valence-corrected chi connectivity index (χ0v) is 12.0. The van der Waals surface area contributed by atoms with E-state index in [1.807, 2.05) is 18.7 Å². The van der Waals surface area contributed by atoms with Gasteiger partial charge in [-0.15, -0.1) is 11.3 Å². The molecule has 1 N–H and O–H groups in total. The van der Waals surface area contributed by atoms with Gasteiger partial charge in [0.2, 0.25) is 0 Å². The van der Waals surface area contributed by atoms with Gasteiger partial charge in [0.1, 0.15) is 0 Å². The van der Waals surface area contributed by atoms with Crippen molar-refractivity contribution < 1.29 is 9.90 Å². The monoisotopic (exact) mass is 283 g/mol. The number of rotatable bonds is 4. The van der Waals surface area contributed by atoms with E-state index >= 15 is 0 Å². The second-order valence-corrected chi connectivity index (χ2v) is 7.96. The lowest BCUT2D eigenvalue weighted by atomic mass is 10.0. The molecule has 3 atom stereocenters. The van der Waals surface area contributed by atoms with Gasteiger partial charge in [-0.25, -0.2) is 4.98 Å². The maximum absolute atomic E-state index is 10.8. The minimum absolute atomic E-state index is 0.112. The van der Waals surface area contributed by atoms with Crippen LogP contribution in [-0.2, 0) is 11.2 Å². The fourth-order valence-corrected chi connectivity index (χ4v) is 6.12. The predicted octanol–water partition coefficient (Wildman–Crippen LogP) is 3.36. The van der Waals surface area contributed by atoms with E-state index in [1.54, 1.807) is 11.3 Å². The Morgan fingerprint density at radius 2 is 2.33 bits per heavy atom. The van der Waals surface area contributed by atoms with E-state index in [2.05, 4.69) is 4.98 Å². The third-order valence-corrected chi connectivity index (χ3v) is 6.77. The lowest BCUT2D eigenvalue weighted by molar-refractivity contribution is -0.136. The Balaban J connectivity index is 1.68. The third kappa shape index (κ3) is 2.43. The number of nitrogens with zero attached hydrogens (tertiary/aromatic N) is 1. The van der Waals surface area contributed by atoms with Crippen molar-refractivity contribution in [3.8, 4) is 0 Å². The van der Waals surface area contributed by atoms with Crippen molar-refractivity contribution >= 4 is 29.1 Å². The van der Waals surface area contributed by atoms with E-state index in [1.165, 1.54) is 25.7 Å². The average Bonchev–Trinajstić information content (AvgIpc) is 2.95. The maximum atomic E-state index is 10.8. The number of carboxylic acids is 1. The Bertz CT molecular complexity index is 472. The van der Waals surface area contributed by atoms with Gasteiger partial charge >= 0.3 is 5.97 Å². The van der Waals surface area contributed by atoms with Gasteiger partial charge in [-0.1, -0.05) is 18.2 Å². The molecule has 0 radical (unpaired) electrons. The fourth-order valence-electron chi connectivity index (χ4n) is 3.21. The van der Waals surface area contributed by atoms with Crippen LogP contribution in [0, 0.1) is 18.8 Å². The summed E-state index contributed by atoms with van der Waals surface area (Å²) >= 11 is 3.46. The molecular formula is C13H17NO2S2. The van der Waals surface area contributed by atoms with Gasteiger partial charge < -0.3 is 5.11 Å². The molecule has 98 valence electrons. The van der Waals surface area contributed by atoms with Gasteiger partial charge in [0.05, 0.1) is 12.1 Å². The number of aryl methyl sites for hydroxylation is 1. The molecule has 0 saturated heterocycles. The van der Waals surface area contributed by atoms with Crippen molar-refractivity contribution in [2.24, 2.45) is 11.8 Å². The first-order valence-electron chi connectivity index (χ1n) is 6.46. The van der Waals surface area contributed by atoms with Crippen molar-refractivity contribution in [2.45, 2.75) is 48.6 Å². The molecule has 2 saturated carbocycles. The van der Waals surface area contributed by atoms with Crippen LogP contribution in [0.25, 0.3) is 0 Å². The quantitative estimate of drug-likeness (QED) is 0.920. The van der Waals surface area contributed by atoms with Crippen LogP contribution in [0.2, 0.25) is 0 Å². The Kier molecular flexibility index (Phi) is 3.36. The number of fused-ring (bicyclic) bond motifs is 2. The van der Waals surface area contributed by atoms with Crippen LogP contribution >= 0.6 is 23.1 Å². The summed E-state index contributed by atoms with van der Waals surface area (Å²) in [6, 6.07) is 0. The minimum Gasteiger partial charge on any atom is -0.481 e. The Labute approximate surface area is 115 Å². The van der Waals surface area contributed by atoms with Gasteiger partial charge in [0.25, 0.3) is 0 Å². The number of carboxylic acid groups (broad SMARTS) is 1. The number of carbonyl (C=O) groups is 1. The highest BCUT2D eigenvalue weighted by atomic mass is 32.2. The van der Waals surface area contributed by atoms with E-state index in [0.29, 0.717) is 0 Å². The summed E-state index contributed by atoms with van der Waals surface area (Å²) in [6.07, 6.45) is 5.66. The van der Waals surface area contributed by atoms with Gasteiger partial charge in [0, 0.05) is 10.1 Å². The first-order chi connectivity index (χ1) is 8.61. The van der Waals surface area contributed by atoms with Gasteiger partial charge in [-0.3, -0.25) is 4.79 Å². The molecule has 5 heteroatoms. The van der Waals surface area contributed by atoms with E-state index in [-0.39, 0.29) is 6.42 Å². The maximum Gasteiger partial charge on any atom is 0.308 e. The molecule has 1 heterocycles. The lowest BCUT2D eigenvalue weighted by Crippen LogP contribution is -2.11. The molecule has 0 spiro atoms. The van der Waals surface area contributed by atoms with Crippen molar-refractivity contribution in [1.29, 1.82) is 0 Å². The third-order valence-electron chi connectivity index (χ3n) is 4.11. The van der Waals surface area contributed by atoms with Crippen LogP contribution in [-0.4, -0.2) is 21.3 Å². The molecule has 3 unspecified atom stereocenters. The number of aromatic nitrogens is 1. The first kappa shape index (κ1) is 12.5.